The Balaban J connectivity index is 2.61. The Kier molecular flexibility index (Phi) is 2.97. The summed E-state index contributed by atoms with van der Waals surface area (Å²) in [4.78, 5) is 11.0. The monoisotopic (exact) mass is 295 g/mol. The molecule has 2 aromatic rings. The largest absolute Gasteiger partial charge is 0.476 e. The van der Waals surface area contributed by atoms with Crippen LogP contribution in [0.4, 0.5) is 0 Å². The van der Waals surface area contributed by atoms with E-state index >= 15 is 0 Å². The molecule has 0 saturated heterocycles. The lowest BCUT2D eigenvalue weighted by Crippen LogP contribution is -2.08. The van der Waals surface area contributed by atoms with E-state index in [1.165, 1.54) is 10.9 Å². The summed E-state index contributed by atoms with van der Waals surface area (Å²) in [7, 11) is 0. The predicted molar refractivity (Wildman–Crippen MR) is 65.5 cm³/mol. The first-order valence-corrected chi connectivity index (χ1v) is 5.71. The van der Waals surface area contributed by atoms with Gasteiger partial charge in [0, 0.05) is 4.47 Å². The van der Waals surface area contributed by atoms with E-state index in [-0.39, 0.29) is 5.69 Å². The first-order chi connectivity index (χ1) is 8.00. The van der Waals surface area contributed by atoms with Gasteiger partial charge in [-0.2, -0.15) is 0 Å². The molecule has 0 aliphatic heterocycles. The first kappa shape index (κ1) is 11.8. The van der Waals surface area contributed by atoms with Gasteiger partial charge in [0.1, 0.15) is 0 Å². The van der Waals surface area contributed by atoms with Gasteiger partial charge in [0.15, 0.2) is 5.69 Å². The number of carboxylic acid groups (broad SMARTS) is 1. The second-order valence-electron chi connectivity index (χ2n) is 3.73. The van der Waals surface area contributed by atoms with Crippen LogP contribution in [0.2, 0.25) is 0 Å². The second kappa shape index (κ2) is 4.29. The summed E-state index contributed by atoms with van der Waals surface area (Å²) in [5.74, 6) is -1.05. The minimum Gasteiger partial charge on any atom is -0.476 e. The van der Waals surface area contributed by atoms with Crippen LogP contribution in [0.25, 0.3) is 5.69 Å². The highest BCUT2D eigenvalue weighted by Gasteiger charge is 2.14. The standard InChI is InChI=1S/C11H10BrN3O2/c1-6-3-8(4-7(2)10(6)12)15-9(11(16)17)5-13-14-15/h3-5H,1-2H3,(H,16,17). The molecule has 0 bridgehead atoms. The van der Waals surface area contributed by atoms with Crippen LogP contribution in [0.5, 0.6) is 0 Å². The molecular formula is C11H10BrN3O2. The Morgan fingerprint density at radius 2 is 1.94 bits per heavy atom. The smallest absolute Gasteiger partial charge is 0.356 e. The number of carboxylic acids is 1. The van der Waals surface area contributed by atoms with Gasteiger partial charge in [0.05, 0.1) is 11.9 Å². The number of aryl methyl sites for hydroxylation is 2. The predicted octanol–water partition coefficient (Wildman–Crippen LogP) is 2.34. The van der Waals surface area contributed by atoms with Crippen LogP contribution < -0.4 is 0 Å². The number of nitrogens with zero attached hydrogens (tertiary/aromatic N) is 3. The lowest BCUT2D eigenvalue weighted by molar-refractivity contribution is 0.0687. The van der Waals surface area contributed by atoms with E-state index < -0.39 is 5.97 Å². The molecule has 1 aromatic heterocycles. The molecule has 17 heavy (non-hydrogen) atoms. The van der Waals surface area contributed by atoms with Crippen molar-refractivity contribution >= 4 is 21.9 Å². The fraction of sp³-hybridized carbons (Fsp3) is 0.182. The number of rotatable bonds is 2. The maximum absolute atomic E-state index is 11.0. The molecule has 1 heterocycles. The summed E-state index contributed by atoms with van der Waals surface area (Å²) in [6.07, 6.45) is 1.23. The number of benzene rings is 1. The molecule has 0 fully saturated rings. The highest BCUT2D eigenvalue weighted by atomic mass is 79.9. The molecule has 0 radical (unpaired) electrons. The minimum absolute atomic E-state index is 0.0473. The minimum atomic E-state index is -1.05. The molecular weight excluding hydrogens is 286 g/mol. The highest BCUT2D eigenvalue weighted by molar-refractivity contribution is 9.10. The van der Waals surface area contributed by atoms with Crippen LogP contribution >= 0.6 is 15.9 Å². The van der Waals surface area contributed by atoms with Crippen molar-refractivity contribution < 1.29 is 9.90 Å². The number of carbonyl (C=O) groups is 1. The average Bonchev–Trinajstić information content (AvgIpc) is 2.74. The topological polar surface area (TPSA) is 68.0 Å². The van der Waals surface area contributed by atoms with Gasteiger partial charge in [0.25, 0.3) is 0 Å². The fourth-order valence-corrected chi connectivity index (χ4v) is 1.85. The van der Waals surface area contributed by atoms with Gasteiger partial charge in [-0.1, -0.05) is 21.1 Å². The van der Waals surface area contributed by atoms with Crippen molar-refractivity contribution in [2.75, 3.05) is 0 Å². The molecule has 6 heteroatoms. The van der Waals surface area contributed by atoms with Crippen molar-refractivity contribution in [3.8, 4) is 5.69 Å². The zero-order chi connectivity index (χ0) is 12.6. The molecule has 0 aliphatic carbocycles. The normalized spacial score (nSPS) is 10.5. The highest BCUT2D eigenvalue weighted by Crippen LogP contribution is 2.24. The third-order valence-corrected chi connectivity index (χ3v) is 3.69. The maximum Gasteiger partial charge on any atom is 0.356 e. The van der Waals surface area contributed by atoms with E-state index in [1.807, 2.05) is 26.0 Å². The molecule has 0 amide bonds. The number of hydrogen-bond acceptors (Lipinski definition) is 3. The second-order valence-corrected chi connectivity index (χ2v) is 4.52. The summed E-state index contributed by atoms with van der Waals surface area (Å²) in [5.41, 5.74) is 2.78. The van der Waals surface area contributed by atoms with Crippen LogP contribution in [0.3, 0.4) is 0 Å². The van der Waals surface area contributed by atoms with E-state index in [0.717, 1.165) is 15.6 Å². The summed E-state index contributed by atoms with van der Waals surface area (Å²) in [6.45, 7) is 3.88. The summed E-state index contributed by atoms with van der Waals surface area (Å²) in [6, 6.07) is 3.72. The van der Waals surface area contributed by atoms with E-state index in [9.17, 15) is 4.79 Å². The average molecular weight is 296 g/mol. The van der Waals surface area contributed by atoms with Gasteiger partial charge in [-0.15, -0.1) is 5.10 Å². The van der Waals surface area contributed by atoms with Crippen molar-refractivity contribution in [2.24, 2.45) is 0 Å². The van der Waals surface area contributed by atoms with Crippen LogP contribution in [-0.4, -0.2) is 26.1 Å². The molecule has 88 valence electrons. The van der Waals surface area contributed by atoms with Crippen molar-refractivity contribution in [3.05, 3.63) is 39.6 Å². The molecule has 0 atom stereocenters. The molecule has 0 unspecified atom stereocenters. The van der Waals surface area contributed by atoms with Gasteiger partial charge in [-0.05, 0) is 37.1 Å². The van der Waals surface area contributed by atoms with Crippen LogP contribution in [0.15, 0.2) is 22.8 Å². The van der Waals surface area contributed by atoms with E-state index in [4.69, 9.17) is 5.11 Å². The maximum atomic E-state index is 11.0. The Morgan fingerprint density at radius 3 is 2.47 bits per heavy atom. The molecule has 2 rings (SSSR count). The number of halogens is 1. The zero-order valence-corrected chi connectivity index (χ0v) is 10.9. The van der Waals surface area contributed by atoms with Gasteiger partial charge in [-0.25, -0.2) is 9.48 Å². The quantitative estimate of drug-likeness (QED) is 0.923. The number of aromatic nitrogens is 3. The van der Waals surface area contributed by atoms with Crippen molar-refractivity contribution in [2.45, 2.75) is 13.8 Å². The number of hydrogen-bond donors (Lipinski definition) is 1. The van der Waals surface area contributed by atoms with Gasteiger partial charge in [0.2, 0.25) is 0 Å². The van der Waals surface area contributed by atoms with Crippen LogP contribution in [0.1, 0.15) is 21.6 Å². The molecule has 1 N–H and O–H groups in total. The molecule has 0 saturated carbocycles. The van der Waals surface area contributed by atoms with E-state index in [1.54, 1.807) is 0 Å². The fourth-order valence-electron chi connectivity index (χ4n) is 1.62. The summed E-state index contributed by atoms with van der Waals surface area (Å²) >= 11 is 3.46. The lowest BCUT2D eigenvalue weighted by atomic mass is 10.1. The summed E-state index contributed by atoms with van der Waals surface area (Å²) in [5, 5.41) is 16.4. The van der Waals surface area contributed by atoms with Crippen molar-refractivity contribution in [1.29, 1.82) is 0 Å². The van der Waals surface area contributed by atoms with Gasteiger partial charge < -0.3 is 5.11 Å². The van der Waals surface area contributed by atoms with Crippen molar-refractivity contribution in [3.63, 3.8) is 0 Å². The molecule has 5 nitrogen and oxygen atoms in total. The van der Waals surface area contributed by atoms with Crippen LogP contribution in [-0.2, 0) is 0 Å². The Hall–Kier alpha value is -1.69. The summed E-state index contributed by atoms with van der Waals surface area (Å²) < 4.78 is 2.33. The van der Waals surface area contributed by atoms with Crippen molar-refractivity contribution in [1.82, 2.24) is 15.0 Å². The molecule has 1 aromatic carbocycles. The SMILES string of the molecule is Cc1cc(-n2nncc2C(=O)O)cc(C)c1Br. The van der Waals surface area contributed by atoms with Crippen LogP contribution in [0, 0.1) is 13.8 Å². The van der Waals surface area contributed by atoms with Gasteiger partial charge in [-0.3, -0.25) is 0 Å². The number of aromatic carboxylic acids is 1. The van der Waals surface area contributed by atoms with Gasteiger partial charge >= 0.3 is 5.97 Å². The third-order valence-electron chi connectivity index (χ3n) is 2.43. The molecule has 0 spiro atoms. The Morgan fingerprint density at radius 1 is 1.35 bits per heavy atom. The Bertz CT molecular complexity index is 569. The van der Waals surface area contributed by atoms with E-state index in [0.29, 0.717) is 5.69 Å². The third kappa shape index (κ3) is 2.08. The first-order valence-electron chi connectivity index (χ1n) is 4.92. The lowest BCUT2D eigenvalue weighted by Gasteiger charge is -2.08. The Labute approximate surface area is 106 Å². The van der Waals surface area contributed by atoms with E-state index in [2.05, 4.69) is 26.2 Å². The zero-order valence-electron chi connectivity index (χ0n) is 9.31. The molecule has 0 aliphatic rings.